The normalized spacial score (nSPS) is 26.5. The van der Waals surface area contributed by atoms with Gasteiger partial charge in [-0.1, -0.05) is 91.0 Å². The van der Waals surface area contributed by atoms with E-state index >= 15 is 0 Å². The van der Waals surface area contributed by atoms with Gasteiger partial charge in [-0.25, -0.2) is 0 Å². The van der Waals surface area contributed by atoms with Crippen molar-refractivity contribution in [3.05, 3.63) is 91.0 Å². The zero-order valence-corrected chi connectivity index (χ0v) is 17.9. The minimum Gasteiger partial charge on any atom is -0.409 e. The van der Waals surface area contributed by atoms with Gasteiger partial charge in [0, 0.05) is 0 Å². The molecular weight excluding hydrogens is 372 g/mol. The van der Waals surface area contributed by atoms with Gasteiger partial charge >= 0.3 is 26.4 Å². The Kier molecular flexibility index (Phi) is 4.78. The Morgan fingerprint density at radius 2 is 0.962 bits per heavy atom. The van der Waals surface area contributed by atoms with Crippen molar-refractivity contribution in [1.82, 2.24) is 0 Å². The van der Waals surface area contributed by atoms with Crippen LogP contribution in [0.5, 0.6) is 0 Å². The highest BCUT2D eigenvalue weighted by atomic mass is 28.5. The quantitative estimate of drug-likeness (QED) is 0.640. The molecule has 1 saturated heterocycles. The largest absolute Gasteiger partial charge is 0.409 e. The number of benzene rings is 3. The molecule has 1 aliphatic rings. The zero-order chi connectivity index (χ0) is 18.0. The van der Waals surface area contributed by atoms with Crippen molar-refractivity contribution in [1.29, 1.82) is 0 Å². The molecule has 0 aliphatic carbocycles. The zero-order valence-electron chi connectivity index (χ0n) is 14.9. The molecule has 6 heteroatoms. The van der Waals surface area contributed by atoms with Gasteiger partial charge in [0.15, 0.2) is 0 Å². The van der Waals surface area contributed by atoms with Crippen LogP contribution in [0.2, 0.25) is 13.1 Å². The van der Waals surface area contributed by atoms with Crippen LogP contribution < -0.4 is 15.6 Å². The van der Waals surface area contributed by atoms with Gasteiger partial charge in [0.05, 0.1) is 0 Å². The maximum absolute atomic E-state index is 6.74. The molecule has 0 saturated carbocycles. The van der Waals surface area contributed by atoms with Crippen LogP contribution in [0.4, 0.5) is 0 Å². The molecule has 0 bridgehead atoms. The fourth-order valence-electron chi connectivity index (χ4n) is 3.20. The molecule has 26 heavy (non-hydrogen) atoms. The monoisotopic (exact) mass is 393 g/mol. The second kappa shape index (κ2) is 7.07. The lowest BCUT2D eigenvalue weighted by molar-refractivity contribution is 0.270. The molecule has 2 unspecified atom stereocenters. The van der Waals surface area contributed by atoms with E-state index in [0.29, 0.717) is 0 Å². The van der Waals surface area contributed by atoms with Gasteiger partial charge in [0.25, 0.3) is 0 Å². The third-order valence-electron chi connectivity index (χ3n) is 4.57. The van der Waals surface area contributed by atoms with Crippen LogP contribution in [0, 0.1) is 0 Å². The SMILES string of the molecule is C[Si]1(c2ccccc2)O[Si](c2ccccc2)O[Si](C)(c2ccccc2)O1. The van der Waals surface area contributed by atoms with E-state index in [0.717, 1.165) is 15.6 Å². The summed E-state index contributed by atoms with van der Waals surface area (Å²) in [5.41, 5.74) is 0. The molecule has 3 nitrogen and oxygen atoms in total. The fraction of sp³-hybridized carbons (Fsp3) is 0.100. The average Bonchev–Trinajstić information content (AvgIpc) is 2.69. The highest BCUT2D eigenvalue weighted by Crippen LogP contribution is 2.25. The molecule has 2 atom stereocenters. The molecule has 3 aromatic rings. The van der Waals surface area contributed by atoms with Crippen LogP contribution in [0.25, 0.3) is 0 Å². The molecule has 0 N–H and O–H groups in total. The van der Waals surface area contributed by atoms with Crippen LogP contribution in [0.3, 0.4) is 0 Å². The summed E-state index contributed by atoms with van der Waals surface area (Å²) in [6.07, 6.45) is 0. The van der Waals surface area contributed by atoms with Crippen molar-refractivity contribution in [2.24, 2.45) is 0 Å². The summed E-state index contributed by atoms with van der Waals surface area (Å²) in [6, 6.07) is 31.0. The highest BCUT2D eigenvalue weighted by molar-refractivity contribution is 7.00. The van der Waals surface area contributed by atoms with E-state index in [1.807, 2.05) is 54.6 Å². The summed E-state index contributed by atoms with van der Waals surface area (Å²) < 4.78 is 19.9. The third kappa shape index (κ3) is 3.39. The van der Waals surface area contributed by atoms with Crippen molar-refractivity contribution in [2.75, 3.05) is 0 Å². The molecule has 0 aromatic heterocycles. The Morgan fingerprint density at radius 1 is 0.577 bits per heavy atom. The second-order valence-electron chi connectivity index (χ2n) is 6.58. The van der Waals surface area contributed by atoms with Gasteiger partial charge in [-0.05, 0) is 28.7 Å². The molecule has 1 radical (unpaired) electrons. The van der Waals surface area contributed by atoms with E-state index < -0.39 is 26.4 Å². The number of hydrogen-bond donors (Lipinski definition) is 0. The lowest BCUT2D eigenvalue weighted by Crippen LogP contribution is -2.73. The minimum atomic E-state index is -2.59. The number of hydrogen-bond acceptors (Lipinski definition) is 3. The maximum Gasteiger partial charge on any atom is 0.405 e. The topological polar surface area (TPSA) is 27.7 Å². The highest BCUT2D eigenvalue weighted by Gasteiger charge is 2.54. The Morgan fingerprint density at radius 3 is 1.38 bits per heavy atom. The molecule has 0 spiro atoms. The van der Waals surface area contributed by atoms with Crippen LogP contribution >= 0.6 is 0 Å². The van der Waals surface area contributed by atoms with E-state index in [1.165, 1.54) is 0 Å². The summed E-state index contributed by atoms with van der Waals surface area (Å²) in [4.78, 5) is 0. The summed E-state index contributed by atoms with van der Waals surface area (Å²) in [7, 11) is -6.82. The Labute approximate surface area is 158 Å². The van der Waals surface area contributed by atoms with Crippen molar-refractivity contribution in [3.63, 3.8) is 0 Å². The summed E-state index contributed by atoms with van der Waals surface area (Å²) in [5.74, 6) is 0. The first kappa shape index (κ1) is 17.6. The van der Waals surface area contributed by atoms with E-state index in [4.69, 9.17) is 12.3 Å². The van der Waals surface area contributed by atoms with Crippen LogP contribution in [-0.2, 0) is 12.3 Å². The predicted octanol–water partition coefficient (Wildman–Crippen LogP) is 2.40. The van der Waals surface area contributed by atoms with Crippen molar-refractivity contribution in [3.8, 4) is 0 Å². The minimum absolute atomic E-state index is 1.13. The Bertz CT molecular complexity index is 810. The third-order valence-corrected chi connectivity index (χ3v) is 15.9. The van der Waals surface area contributed by atoms with Crippen molar-refractivity contribution in [2.45, 2.75) is 13.1 Å². The first-order valence-corrected chi connectivity index (χ1v) is 14.7. The van der Waals surface area contributed by atoms with E-state index in [-0.39, 0.29) is 0 Å². The molecule has 1 aliphatic heterocycles. The van der Waals surface area contributed by atoms with Gasteiger partial charge in [-0.15, -0.1) is 0 Å². The molecule has 0 amide bonds. The fourth-order valence-corrected chi connectivity index (χ4v) is 15.5. The Hall–Kier alpha value is -1.81. The molecule has 131 valence electrons. The smallest absolute Gasteiger partial charge is 0.405 e. The van der Waals surface area contributed by atoms with Gasteiger partial charge in [0.2, 0.25) is 0 Å². The standard InChI is InChI=1S/C20H21O3Si3/c1-25(19-14-8-4-9-15-19)21-24(18-12-6-3-7-13-18)22-26(2,23-25)20-16-10-5-11-17-20/h3-17H,1-2H3. The lowest BCUT2D eigenvalue weighted by Gasteiger charge is -2.45. The van der Waals surface area contributed by atoms with Gasteiger partial charge in [-0.3, -0.25) is 0 Å². The van der Waals surface area contributed by atoms with Crippen LogP contribution in [0.15, 0.2) is 91.0 Å². The van der Waals surface area contributed by atoms with Crippen LogP contribution in [-0.4, -0.2) is 26.4 Å². The molecule has 1 heterocycles. The second-order valence-corrected chi connectivity index (χ2v) is 15.1. The van der Waals surface area contributed by atoms with Crippen LogP contribution in [0.1, 0.15) is 0 Å². The van der Waals surface area contributed by atoms with Gasteiger partial charge < -0.3 is 12.3 Å². The van der Waals surface area contributed by atoms with Gasteiger partial charge in [0.1, 0.15) is 0 Å². The predicted molar refractivity (Wildman–Crippen MR) is 110 cm³/mol. The van der Waals surface area contributed by atoms with Crippen molar-refractivity contribution < 1.29 is 12.3 Å². The molecular formula is C20H21O3Si3. The number of rotatable bonds is 3. The van der Waals surface area contributed by atoms with Crippen molar-refractivity contribution >= 4 is 42.0 Å². The average molecular weight is 394 g/mol. The first-order chi connectivity index (χ1) is 12.6. The summed E-state index contributed by atoms with van der Waals surface area (Å²) in [6.45, 7) is 4.29. The summed E-state index contributed by atoms with van der Waals surface area (Å²) >= 11 is 0. The van der Waals surface area contributed by atoms with E-state index in [1.54, 1.807) is 0 Å². The summed E-state index contributed by atoms with van der Waals surface area (Å²) in [5, 5.41) is 3.43. The lowest BCUT2D eigenvalue weighted by atomic mass is 10.4. The molecule has 1 fully saturated rings. The molecule has 4 rings (SSSR count). The van der Waals surface area contributed by atoms with E-state index in [9.17, 15) is 0 Å². The maximum atomic E-state index is 6.74. The first-order valence-electron chi connectivity index (χ1n) is 8.71. The molecule has 3 aromatic carbocycles. The Balaban J connectivity index is 1.79. The van der Waals surface area contributed by atoms with Gasteiger partial charge in [-0.2, -0.15) is 0 Å². The van der Waals surface area contributed by atoms with E-state index in [2.05, 4.69) is 49.5 Å².